The van der Waals surface area contributed by atoms with Gasteiger partial charge in [-0.3, -0.25) is 9.48 Å². The zero-order valence-corrected chi connectivity index (χ0v) is 12.7. The first kappa shape index (κ1) is 14.1. The lowest BCUT2D eigenvalue weighted by atomic mass is 10.2. The summed E-state index contributed by atoms with van der Waals surface area (Å²) in [5.41, 5.74) is 2.74. The molecule has 0 aliphatic rings. The third kappa shape index (κ3) is 2.74. The van der Waals surface area contributed by atoms with Crippen LogP contribution in [0.25, 0.3) is 5.65 Å². The Morgan fingerprint density at radius 1 is 1.08 bits per heavy atom. The summed E-state index contributed by atoms with van der Waals surface area (Å²) in [5, 5.41) is 11.2. The average molecular weight is 318 g/mol. The van der Waals surface area contributed by atoms with Crippen molar-refractivity contribution in [3.63, 3.8) is 0 Å². The molecule has 0 aliphatic heterocycles. The number of carbonyl (C=O) groups excluding carboxylic acids is 1. The molecule has 4 aromatic rings. The highest BCUT2D eigenvalue weighted by atomic mass is 16.1. The fraction of sp³-hybridized carbons (Fsp3) is 0.0588. The molecule has 7 heteroatoms. The van der Waals surface area contributed by atoms with Crippen LogP contribution < -0.4 is 5.32 Å². The van der Waals surface area contributed by atoms with E-state index in [4.69, 9.17) is 0 Å². The van der Waals surface area contributed by atoms with Gasteiger partial charge in [0.25, 0.3) is 5.91 Å². The molecule has 24 heavy (non-hydrogen) atoms. The monoisotopic (exact) mass is 318 g/mol. The molecule has 3 aromatic heterocycles. The van der Waals surface area contributed by atoms with Gasteiger partial charge >= 0.3 is 0 Å². The first-order chi connectivity index (χ1) is 11.8. The molecule has 0 spiro atoms. The third-order valence-electron chi connectivity index (χ3n) is 3.61. The van der Waals surface area contributed by atoms with Crippen LogP contribution in [0.15, 0.2) is 67.4 Å². The van der Waals surface area contributed by atoms with Crippen LogP contribution in [0, 0.1) is 0 Å². The van der Waals surface area contributed by atoms with Crippen molar-refractivity contribution in [2.24, 2.45) is 0 Å². The van der Waals surface area contributed by atoms with Crippen molar-refractivity contribution >= 4 is 17.2 Å². The number of amides is 1. The number of rotatable bonds is 4. The molecular weight excluding hydrogens is 304 g/mol. The molecule has 0 bridgehead atoms. The van der Waals surface area contributed by atoms with Gasteiger partial charge < -0.3 is 5.32 Å². The second-order valence-corrected chi connectivity index (χ2v) is 5.30. The zero-order chi connectivity index (χ0) is 16.4. The van der Waals surface area contributed by atoms with E-state index in [2.05, 4.69) is 20.5 Å². The highest BCUT2D eigenvalue weighted by Crippen LogP contribution is 2.15. The molecule has 1 amide bonds. The minimum absolute atomic E-state index is 0.236. The predicted octanol–water partition coefficient (Wildman–Crippen LogP) is 2.23. The topological polar surface area (TPSA) is 77.1 Å². The van der Waals surface area contributed by atoms with Gasteiger partial charge in [0.15, 0.2) is 5.65 Å². The minimum Gasteiger partial charge on any atom is -0.322 e. The first-order valence-corrected chi connectivity index (χ1v) is 7.46. The normalized spacial score (nSPS) is 10.8. The molecular formula is C17H14N6O. The molecule has 0 saturated heterocycles. The number of anilines is 1. The lowest BCUT2D eigenvalue weighted by molar-refractivity contribution is 0.102. The summed E-state index contributed by atoms with van der Waals surface area (Å²) in [7, 11) is 0. The molecule has 3 heterocycles. The van der Waals surface area contributed by atoms with Crippen molar-refractivity contribution in [3.05, 3.63) is 78.5 Å². The molecule has 0 atom stereocenters. The first-order valence-electron chi connectivity index (χ1n) is 7.46. The van der Waals surface area contributed by atoms with Gasteiger partial charge in [-0.1, -0.05) is 12.1 Å². The van der Waals surface area contributed by atoms with Crippen molar-refractivity contribution in [3.8, 4) is 0 Å². The summed E-state index contributed by atoms with van der Waals surface area (Å²) in [4.78, 5) is 16.7. The lowest BCUT2D eigenvalue weighted by Gasteiger charge is -2.07. The number of hydrogen-bond donors (Lipinski definition) is 1. The molecule has 7 nitrogen and oxygen atoms in total. The van der Waals surface area contributed by atoms with Crippen molar-refractivity contribution in [1.29, 1.82) is 0 Å². The van der Waals surface area contributed by atoms with Crippen LogP contribution in [-0.2, 0) is 6.54 Å². The van der Waals surface area contributed by atoms with Crippen molar-refractivity contribution in [1.82, 2.24) is 24.4 Å². The number of nitrogens with one attached hydrogen (secondary N) is 1. The zero-order valence-electron chi connectivity index (χ0n) is 12.7. The van der Waals surface area contributed by atoms with E-state index in [9.17, 15) is 4.79 Å². The summed E-state index contributed by atoms with van der Waals surface area (Å²) >= 11 is 0. The van der Waals surface area contributed by atoms with Gasteiger partial charge in [0.05, 0.1) is 12.7 Å². The van der Waals surface area contributed by atoms with Gasteiger partial charge in [0.1, 0.15) is 5.56 Å². The molecule has 0 saturated carbocycles. The Kier molecular flexibility index (Phi) is 3.51. The molecule has 1 aromatic carbocycles. The minimum atomic E-state index is -0.236. The number of fused-ring (bicyclic) bond motifs is 1. The Labute approximate surface area is 137 Å². The number of hydrogen-bond acceptors (Lipinski definition) is 4. The molecule has 0 aliphatic carbocycles. The van der Waals surface area contributed by atoms with Crippen LogP contribution in [0.1, 0.15) is 15.9 Å². The Morgan fingerprint density at radius 2 is 2.00 bits per heavy atom. The fourth-order valence-corrected chi connectivity index (χ4v) is 2.51. The SMILES string of the molecule is O=C(Nc1cccc(Cn2cccn2)c1)c1cnn2cccnc12. The lowest BCUT2D eigenvalue weighted by Crippen LogP contribution is -2.12. The highest BCUT2D eigenvalue weighted by molar-refractivity contribution is 6.08. The smallest absolute Gasteiger partial charge is 0.261 e. The average Bonchev–Trinajstić information content (AvgIpc) is 3.24. The van der Waals surface area contributed by atoms with Crippen molar-refractivity contribution < 1.29 is 4.79 Å². The van der Waals surface area contributed by atoms with Crippen molar-refractivity contribution in [2.45, 2.75) is 6.54 Å². The van der Waals surface area contributed by atoms with Gasteiger partial charge in [-0.15, -0.1) is 0 Å². The third-order valence-corrected chi connectivity index (χ3v) is 3.61. The largest absolute Gasteiger partial charge is 0.322 e. The van der Waals surface area contributed by atoms with Gasteiger partial charge in [-0.25, -0.2) is 9.50 Å². The molecule has 4 rings (SSSR count). The second kappa shape index (κ2) is 5.96. The van der Waals surface area contributed by atoms with Crippen LogP contribution in [0.4, 0.5) is 5.69 Å². The van der Waals surface area contributed by atoms with Crippen LogP contribution in [0.5, 0.6) is 0 Å². The Balaban J connectivity index is 1.55. The number of carbonyl (C=O) groups is 1. The molecule has 0 radical (unpaired) electrons. The quantitative estimate of drug-likeness (QED) is 0.626. The Bertz CT molecular complexity index is 989. The van der Waals surface area contributed by atoms with E-state index < -0.39 is 0 Å². The van der Waals surface area contributed by atoms with Gasteiger partial charge in [-0.05, 0) is 29.8 Å². The van der Waals surface area contributed by atoms with E-state index in [0.717, 1.165) is 11.3 Å². The van der Waals surface area contributed by atoms with E-state index >= 15 is 0 Å². The van der Waals surface area contributed by atoms with E-state index in [1.54, 1.807) is 29.2 Å². The molecule has 118 valence electrons. The summed E-state index contributed by atoms with van der Waals surface area (Å²) in [6, 6.07) is 11.3. The van der Waals surface area contributed by atoms with Crippen LogP contribution in [-0.4, -0.2) is 30.3 Å². The maximum atomic E-state index is 12.5. The van der Waals surface area contributed by atoms with Crippen LogP contribution in [0.3, 0.4) is 0 Å². The van der Waals surface area contributed by atoms with E-state index in [1.807, 2.05) is 41.2 Å². The molecule has 1 N–H and O–H groups in total. The van der Waals surface area contributed by atoms with Crippen LogP contribution in [0.2, 0.25) is 0 Å². The standard InChI is InChI=1S/C17H14N6O/c24-17(15-11-20-23-9-2-6-18-16(15)23)21-14-5-1-4-13(10-14)12-22-8-3-7-19-22/h1-11H,12H2,(H,21,24). The van der Waals surface area contributed by atoms with Gasteiger partial charge in [0, 0.05) is 30.5 Å². The number of aromatic nitrogens is 5. The highest BCUT2D eigenvalue weighted by Gasteiger charge is 2.13. The summed E-state index contributed by atoms with van der Waals surface area (Å²) in [6.45, 7) is 0.648. The molecule has 0 fully saturated rings. The predicted molar refractivity (Wildman–Crippen MR) is 88.7 cm³/mol. The van der Waals surface area contributed by atoms with Crippen LogP contribution >= 0.6 is 0 Å². The maximum Gasteiger partial charge on any atom is 0.261 e. The molecule has 0 unspecified atom stereocenters. The number of nitrogens with zero attached hydrogens (tertiary/aromatic N) is 5. The van der Waals surface area contributed by atoms with E-state index in [0.29, 0.717) is 17.8 Å². The van der Waals surface area contributed by atoms with Gasteiger partial charge in [-0.2, -0.15) is 10.2 Å². The number of benzene rings is 1. The second-order valence-electron chi connectivity index (χ2n) is 5.30. The fourth-order valence-electron chi connectivity index (χ4n) is 2.51. The van der Waals surface area contributed by atoms with E-state index in [-0.39, 0.29) is 5.91 Å². The summed E-state index contributed by atoms with van der Waals surface area (Å²) in [5.74, 6) is -0.236. The summed E-state index contributed by atoms with van der Waals surface area (Å²) in [6.07, 6.45) is 8.55. The maximum absolute atomic E-state index is 12.5. The van der Waals surface area contributed by atoms with E-state index in [1.165, 1.54) is 6.20 Å². The Morgan fingerprint density at radius 3 is 2.88 bits per heavy atom. The summed E-state index contributed by atoms with van der Waals surface area (Å²) < 4.78 is 3.40. The van der Waals surface area contributed by atoms with Gasteiger partial charge in [0.2, 0.25) is 0 Å². The Hall–Kier alpha value is -3.48. The van der Waals surface area contributed by atoms with Crippen molar-refractivity contribution in [2.75, 3.05) is 5.32 Å².